The molecule has 0 spiro atoms. The van der Waals surface area contributed by atoms with Gasteiger partial charge in [-0.3, -0.25) is 4.79 Å². The molecule has 0 aliphatic heterocycles. The van der Waals surface area contributed by atoms with Crippen LogP contribution in [0.25, 0.3) is 0 Å². The van der Waals surface area contributed by atoms with Crippen LogP contribution >= 0.6 is 0 Å². The molecule has 0 fully saturated rings. The molecule has 0 radical (unpaired) electrons. The van der Waals surface area contributed by atoms with Gasteiger partial charge in [-0.05, 0) is 13.0 Å². The van der Waals surface area contributed by atoms with Crippen molar-refractivity contribution in [3.05, 3.63) is 47.5 Å². The highest BCUT2D eigenvalue weighted by Gasteiger charge is 2.23. The summed E-state index contributed by atoms with van der Waals surface area (Å²) in [6.07, 6.45) is 0.599. The van der Waals surface area contributed by atoms with Crippen LogP contribution in [0.4, 0.5) is 0 Å². The van der Waals surface area contributed by atoms with E-state index in [0.717, 1.165) is 11.6 Å². The number of ketones is 1. The van der Waals surface area contributed by atoms with Crippen LogP contribution in [0.2, 0.25) is 0 Å². The fraction of sp³-hybridized carbons (Fsp3) is 0.312. The number of hydrogen-bond acceptors (Lipinski definition) is 5. The van der Waals surface area contributed by atoms with E-state index in [1.807, 2.05) is 13.0 Å². The van der Waals surface area contributed by atoms with Crippen LogP contribution in [-0.4, -0.2) is 42.6 Å². The number of esters is 1. The number of aliphatic carboxylic acids is 1. The molecule has 1 N–H and O–H groups in total. The van der Waals surface area contributed by atoms with Gasteiger partial charge in [0.05, 0.1) is 6.61 Å². The quantitative estimate of drug-likeness (QED) is 0.447. The number of carboxylic acids is 1. The van der Waals surface area contributed by atoms with Gasteiger partial charge in [0.2, 0.25) is 5.78 Å². The van der Waals surface area contributed by atoms with Crippen molar-refractivity contribution in [1.29, 1.82) is 0 Å². The van der Waals surface area contributed by atoms with Gasteiger partial charge in [0.25, 0.3) is 0 Å². The Morgan fingerprint density at radius 3 is 2.59 bits per heavy atom. The molecule has 0 amide bonds. The zero-order valence-corrected chi connectivity index (χ0v) is 12.4. The summed E-state index contributed by atoms with van der Waals surface area (Å²) in [6.45, 7) is 2.08. The Kier molecular flexibility index (Phi) is 6.98. The summed E-state index contributed by atoms with van der Waals surface area (Å²) in [7, 11) is 1.47. The predicted octanol–water partition coefficient (Wildman–Crippen LogP) is 1.77. The van der Waals surface area contributed by atoms with Crippen LogP contribution in [0.5, 0.6) is 0 Å². The molecule has 0 saturated carbocycles. The Morgan fingerprint density at radius 1 is 1.27 bits per heavy atom. The predicted molar refractivity (Wildman–Crippen MR) is 78.7 cm³/mol. The monoisotopic (exact) mass is 306 g/mol. The van der Waals surface area contributed by atoms with Crippen molar-refractivity contribution in [2.75, 3.05) is 13.7 Å². The number of Topliss-reactive ketones (excluding diaryl/α,β-unsaturated/α-hetero) is 1. The average Bonchev–Trinajstić information content (AvgIpc) is 2.48. The van der Waals surface area contributed by atoms with Crippen LogP contribution in [-0.2, 0) is 19.1 Å². The first-order valence-electron chi connectivity index (χ1n) is 6.65. The molecule has 0 aliphatic carbocycles. The number of rotatable bonds is 8. The van der Waals surface area contributed by atoms with Gasteiger partial charge in [0, 0.05) is 31.2 Å². The van der Waals surface area contributed by atoms with E-state index in [4.69, 9.17) is 14.6 Å². The molecule has 22 heavy (non-hydrogen) atoms. The van der Waals surface area contributed by atoms with E-state index >= 15 is 0 Å². The van der Waals surface area contributed by atoms with Gasteiger partial charge in [0.15, 0.2) is 6.10 Å². The highest BCUT2D eigenvalue weighted by molar-refractivity contribution is 6.01. The molecule has 6 heteroatoms. The normalized spacial score (nSPS) is 12.1. The summed E-state index contributed by atoms with van der Waals surface area (Å²) >= 11 is 0. The number of carbonyl (C=O) groups excluding carboxylic acids is 2. The summed E-state index contributed by atoms with van der Waals surface area (Å²) in [5, 5.41) is 8.47. The smallest absolute Gasteiger partial charge is 0.331 e. The Hall–Kier alpha value is -2.47. The lowest BCUT2D eigenvalue weighted by atomic mass is 10.0. The zero-order valence-electron chi connectivity index (χ0n) is 12.4. The molecule has 118 valence electrons. The van der Waals surface area contributed by atoms with Crippen LogP contribution in [0.15, 0.2) is 36.4 Å². The van der Waals surface area contributed by atoms with Gasteiger partial charge in [-0.1, -0.05) is 23.8 Å². The van der Waals surface area contributed by atoms with Crippen molar-refractivity contribution in [1.82, 2.24) is 0 Å². The molecule has 0 aromatic heterocycles. The van der Waals surface area contributed by atoms with Crippen LogP contribution in [0, 0.1) is 6.92 Å². The summed E-state index contributed by atoms with van der Waals surface area (Å²) in [6, 6.07) is 6.92. The van der Waals surface area contributed by atoms with Gasteiger partial charge in [-0.15, -0.1) is 0 Å². The molecule has 6 nitrogen and oxygen atoms in total. The van der Waals surface area contributed by atoms with Crippen molar-refractivity contribution < 1.29 is 29.0 Å². The molecule has 1 aromatic rings. The number of methoxy groups -OCH3 is 1. The Bertz CT molecular complexity index is 576. The molecule has 1 aromatic carbocycles. The maximum atomic E-state index is 12.4. The van der Waals surface area contributed by atoms with Crippen molar-refractivity contribution in [3.8, 4) is 0 Å². The fourth-order valence-electron chi connectivity index (χ4n) is 1.77. The third kappa shape index (κ3) is 5.88. The number of ether oxygens (including phenoxy) is 2. The van der Waals surface area contributed by atoms with Crippen LogP contribution < -0.4 is 0 Å². The highest BCUT2D eigenvalue weighted by atomic mass is 16.5. The highest BCUT2D eigenvalue weighted by Crippen LogP contribution is 2.12. The van der Waals surface area contributed by atoms with Gasteiger partial charge >= 0.3 is 11.9 Å². The first-order valence-corrected chi connectivity index (χ1v) is 6.65. The van der Waals surface area contributed by atoms with E-state index in [-0.39, 0.29) is 18.8 Å². The van der Waals surface area contributed by atoms with E-state index in [2.05, 4.69) is 0 Å². The van der Waals surface area contributed by atoms with Gasteiger partial charge < -0.3 is 14.6 Å². The number of carboxylic acid groups (broad SMARTS) is 1. The second-order valence-corrected chi connectivity index (χ2v) is 4.61. The Balaban J connectivity index is 2.85. The van der Waals surface area contributed by atoms with E-state index in [1.54, 1.807) is 18.2 Å². The molecule has 0 saturated heterocycles. The standard InChI is InChI=1S/C16H18O6/c1-11-4-3-5-12(10-11)16(20)13(8-9-21-2)22-15(19)7-6-14(17)18/h3-7,10,13H,8-9H2,1-2H3,(H,17,18)/b7-6+. The molecule has 0 bridgehead atoms. The lowest BCUT2D eigenvalue weighted by Gasteiger charge is -2.16. The van der Waals surface area contributed by atoms with Crippen molar-refractivity contribution in [3.63, 3.8) is 0 Å². The third-order valence-electron chi connectivity index (χ3n) is 2.80. The summed E-state index contributed by atoms with van der Waals surface area (Å²) in [5.41, 5.74) is 1.34. The number of carbonyl (C=O) groups is 3. The van der Waals surface area contributed by atoms with Gasteiger partial charge in [0.1, 0.15) is 0 Å². The first kappa shape index (κ1) is 17.6. The Morgan fingerprint density at radius 2 is 2.00 bits per heavy atom. The van der Waals surface area contributed by atoms with Gasteiger partial charge in [-0.25, -0.2) is 9.59 Å². The molecular formula is C16H18O6. The molecule has 1 unspecified atom stereocenters. The van der Waals surface area contributed by atoms with E-state index in [9.17, 15) is 14.4 Å². The number of hydrogen-bond donors (Lipinski definition) is 1. The topological polar surface area (TPSA) is 89.9 Å². The van der Waals surface area contributed by atoms with Crippen LogP contribution in [0.3, 0.4) is 0 Å². The minimum atomic E-state index is -1.27. The minimum absolute atomic E-state index is 0.190. The fourth-order valence-corrected chi connectivity index (χ4v) is 1.77. The molecule has 1 rings (SSSR count). The second-order valence-electron chi connectivity index (χ2n) is 4.61. The number of aryl methyl sites for hydroxylation is 1. The Labute approximate surface area is 128 Å². The lowest BCUT2D eigenvalue weighted by molar-refractivity contribution is -0.142. The zero-order chi connectivity index (χ0) is 16.5. The van der Waals surface area contributed by atoms with E-state index in [0.29, 0.717) is 11.6 Å². The van der Waals surface area contributed by atoms with Gasteiger partial charge in [-0.2, -0.15) is 0 Å². The van der Waals surface area contributed by atoms with Crippen LogP contribution in [0.1, 0.15) is 22.3 Å². The van der Waals surface area contributed by atoms with E-state index < -0.39 is 18.0 Å². The summed E-state index contributed by atoms with van der Waals surface area (Å²) < 4.78 is 9.95. The molecule has 0 aliphatic rings. The summed E-state index contributed by atoms with van der Waals surface area (Å²) in [5.74, 6) is -2.50. The lowest BCUT2D eigenvalue weighted by Crippen LogP contribution is -2.28. The summed E-state index contributed by atoms with van der Waals surface area (Å²) in [4.78, 5) is 34.3. The maximum Gasteiger partial charge on any atom is 0.331 e. The molecule has 0 heterocycles. The van der Waals surface area contributed by atoms with Crippen molar-refractivity contribution in [2.45, 2.75) is 19.4 Å². The largest absolute Gasteiger partial charge is 0.478 e. The molecule has 1 atom stereocenters. The average molecular weight is 306 g/mol. The molecular weight excluding hydrogens is 288 g/mol. The third-order valence-corrected chi connectivity index (χ3v) is 2.80. The van der Waals surface area contributed by atoms with E-state index in [1.165, 1.54) is 7.11 Å². The van der Waals surface area contributed by atoms with Crippen molar-refractivity contribution >= 4 is 17.7 Å². The first-order chi connectivity index (χ1) is 10.4. The second kappa shape index (κ2) is 8.74. The SMILES string of the molecule is COCCC(OC(=O)/C=C/C(=O)O)C(=O)c1cccc(C)c1. The minimum Gasteiger partial charge on any atom is -0.478 e. The number of benzene rings is 1. The maximum absolute atomic E-state index is 12.4. The van der Waals surface area contributed by atoms with Crippen molar-refractivity contribution in [2.24, 2.45) is 0 Å².